The quantitative estimate of drug-likeness (QED) is 0.738. The fourth-order valence-electron chi connectivity index (χ4n) is 1.25. The molecule has 0 aliphatic rings. The van der Waals surface area contributed by atoms with Crippen molar-refractivity contribution in [2.75, 3.05) is 18.5 Å². The summed E-state index contributed by atoms with van der Waals surface area (Å²) in [5.74, 6) is -0.400. The van der Waals surface area contributed by atoms with Gasteiger partial charge in [0.1, 0.15) is 5.82 Å². The Balaban J connectivity index is 2.28. The molecule has 84 valence electrons. The van der Waals surface area contributed by atoms with E-state index in [2.05, 4.69) is 5.32 Å². The van der Waals surface area contributed by atoms with Crippen LogP contribution in [0.15, 0.2) is 18.2 Å². The van der Waals surface area contributed by atoms with E-state index in [1.54, 1.807) is 12.1 Å². The molecule has 0 unspecified atom stereocenters. The fourth-order valence-corrected chi connectivity index (χ4v) is 1.43. The summed E-state index contributed by atoms with van der Waals surface area (Å²) in [5.41, 5.74) is 0.824. The van der Waals surface area contributed by atoms with Crippen LogP contribution in [0.4, 0.5) is 10.1 Å². The minimum Gasteiger partial charge on any atom is -0.396 e. The van der Waals surface area contributed by atoms with Crippen LogP contribution in [-0.4, -0.2) is 18.3 Å². The molecule has 1 aromatic rings. The largest absolute Gasteiger partial charge is 0.396 e. The van der Waals surface area contributed by atoms with Gasteiger partial charge in [-0.2, -0.15) is 0 Å². The van der Waals surface area contributed by atoms with E-state index >= 15 is 0 Å². The van der Waals surface area contributed by atoms with Crippen LogP contribution in [0.5, 0.6) is 0 Å². The van der Waals surface area contributed by atoms with Gasteiger partial charge < -0.3 is 10.4 Å². The third-order valence-corrected chi connectivity index (χ3v) is 2.37. The van der Waals surface area contributed by atoms with E-state index in [1.807, 2.05) is 0 Å². The maximum atomic E-state index is 12.8. The molecule has 0 aromatic heterocycles. The molecule has 0 saturated carbocycles. The minimum absolute atomic E-state index is 0.135. The van der Waals surface area contributed by atoms with Crippen LogP contribution in [-0.2, 0) is 0 Å². The van der Waals surface area contributed by atoms with Gasteiger partial charge in [-0.3, -0.25) is 0 Å². The number of aliphatic hydroxyl groups is 1. The molecule has 0 saturated heterocycles. The Labute approximate surface area is 94.1 Å². The lowest BCUT2D eigenvalue weighted by Crippen LogP contribution is -2.01. The third kappa shape index (κ3) is 4.49. The Hall–Kier alpha value is -0.800. The summed E-state index contributed by atoms with van der Waals surface area (Å²) in [6, 6.07) is 4.58. The maximum Gasteiger partial charge on any atom is 0.141 e. The summed E-state index contributed by atoms with van der Waals surface area (Å²) in [6.45, 7) is 1.05. The Morgan fingerprint density at radius 2 is 2.07 bits per heavy atom. The van der Waals surface area contributed by atoms with Gasteiger partial charge >= 0.3 is 0 Å². The van der Waals surface area contributed by atoms with Crippen LogP contribution in [0.25, 0.3) is 0 Å². The molecule has 0 spiro atoms. The monoisotopic (exact) mass is 231 g/mol. The van der Waals surface area contributed by atoms with Gasteiger partial charge in [-0.05, 0) is 37.5 Å². The van der Waals surface area contributed by atoms with E-state index in [-0.39, 0.29) is 11.6 Å². The van der Waals surface area contributed by atoms with E-state index in [9.17, 15) is 4.39 Å². The fraction of sp³-hybridized carbons (Fsp3) is 0.455. The molecule has 0 heterocycles. The molecule has 0 bridgehead atoms. The second-order valence-electron chi connectivity index (χ2n) is 3.34. The number of rotatable bonds is 6. The molecule has 2 nitrogen and oxygen atoms in total. The van der Waals surface area contributed by atoms with Crippen molar-refractivity contribution in [2.45, 2.75) is 19.3 Å². The molecule has 0 amide bonds. The highest BCUT2D eigenvalue weighted by atomic mass is 35.5. The van der Waals surface area contributed by atoms with E-state index in [4.69, 9.17) is 16.7 Å². The van der Waals surface area contributed by atoms with Crippen molar-refractivity contribution >= 4 is 17.3 Å². The van der Waals surface area contributed by atoms with Crippen molar-refractivity contribution in [1.82, 2.24) is 0 Å². The number of hydrogen-bond acceptors (Lipinski definition) is 2. The van der Waals surface area contributed by atoms with E-state index in [0.717, 1.165) is 31.5 Å². The van der Waals surface area contributed by atoms with Crippen molar-refractivity contribution in [3.63, 3.8) is 0 Å². The molecular formula is C11H15ClFNO. The predicted octanol–water partition coefficient (Wildman–Crippen LogP) is 3.05. The Morgan fingerprint density at radius 3 is 2.73 bits per heavy atom. The summed E-state index contributed by atoms with van der Waals surface area (Å²) in [5, 5.41) is 11.8. The lowest BCUT2D eigenvalue weighted by Gasteiger charge is -2.06. The smallest absolute Gasteiger partial charge is 0.141 e. The Morgan fingerprint density at radius 1 is 1.27 bits per heavy atom. The van der Waals surface area contributed by atoms with E-state index in [1.165, 1.54) is 6.07 Å². The molecule has 15 heavy (non-hydrogen) atoms. The van der Waals surface area contributed by atoms with Gasteiger partial charge in [0.2, 0.25) is 0 Å². The number of aliphatic hydroxyl groups excluding tert-OH is 1. The number of anilines is 1. The van der Waals surface area contributed by atoms with Gasteiger partial charge in [-0.25, -0.2) is 4.39 Å². The van der Waals surface area contributed by atoms with Gasteiger partial charge in [0.15, 0.2) is 0 Å². The van der Waals surface area contributed by atoms with Gasteiger partial charge in [0.25, 0.3) is 0 Å². The summed E-state index contributed by atoms with van der Waals surface area (Å²) < 4.78 is 12.8. The van der Waals surface area contributed by atoms with Crippen LogP contribution >= 0.6 is 11.6 Å². The van der Waals surface area contributed by atoms with Crippen molar-refractivity contribution in [3.8, 4) is 0 Å². The predicted molar refractivity (Wildman–Crippen MR) is 60.8 cm³/mol. The van der Waals surface area contributed by atoms with Gasteiger partial charge in [0, 0.05) is 18.8 Å². The second-order valence-corrected chi connectivity index (χ2v) is 3.75. The summed E-state index contributed by atoms with van der Waals surface area (Å²) in [7, 11) is 0. The molecule has 1 aromatic carbocycles. The van der Waals surface area contributed by atoms with Crippen LogP contribution in [0.2, 0.25) is 5.02 Å². The van der Waals surface area contributed by atoms with Crippen LogP contribution in [0.3, 0.4) is 0 Å². The number of nitrogens with one attached hydrogen (secondary N) is 1. The van der Waals surface area contributed by atoms with Crippen molar-refractivity contribution in [1.29, 1.82) is 0 Å². The van der Waals surface area contributed by atoms with E-state index in [0.29, 0.717) is 0 Å². The summed E-state index contributed by atoms with van der Waals surface area (Å²) >= 11 is 5.63. The lowest BCUT2D eigenvalue weighted by molar-refractivity contribution is 0.283. The molecule has 2 N–H and O–H groups in total. The number of benzene rings is 1. The minimum atomic E-state index is -0.400. The highest BCUT2D eigenvalue weighted by Crippen LogP contribution is 2.19. The van der Waals surface area contributed by atoms with Crippen molar-refractivity contribution in [3.05, 3.63) is 29.0 Å². The molecule has 0 aliphatic carbocycles. The second kappa shape index (κ2) is 6.64. The Kier molecular flexibility index (Phi) is 5.43. The topological polar surface area (TPSA) is 32.3 Å². The average Bonchev–Trinajstić information content (AvgIpc) is 2.23. The zero-order valence-corrected chi connectivity index (χ0v) is 9.23. The lowest BCUT2D eigenvalue weighted by atomic mass is 10.2. The van der Waals surface area contributed by atoms with Crippen LogP contribution in [0, 0.1) is 5.82 Å². The summed E-state index contributed by atoms with van der Waals surface area (Å²) in [6.07, 6.45) is 2.79. The third-order valence-electron chi connectivity index (χ3n) is 2.08. The normalized spacial score (nSPS) is 10.3. The zero-order chi connectivity index (χ0) is 11.1. The van der Waals surface area contributed by atoms with Crippen molar-refractivity contribution in [2.24, 2.45) is 0 Å². The van der Waals surface area contributed by atoms with E-state index < -0.39 is 5.82 Å². The summed E-state index contributed by atoms with van der Waals surface area (Å²) in [4.78, 5) is 0. The number of unbranched alkanes of at least 4 members (excludes halogenated alkanes) is 2. The van der Waals surface area contributed by atoms with Gasteiger partial charge in [-0.15, -0.1) is 0 Å². The first-order valence-corrected chi connectivity index (χ1v) is 5.41. The molecule has 0 radical (unpaired) electrons. The first-order valence-electron chi connectivity index (χ1n) is 5.04. The molecule has 0 fully saturated rings. The van der Waals surface area contributed by atoms with Gasteiger partial charge in [0.05, 0.1) is 5.02 Å². The highest BCUT2D eigenvalue weighted by molar-refractivity contribution is 6.31. The zero-order valence-electron chi connectivity index (χ0n) is 8.47. The molecule has 1 rings (SSSR count). The molecule has 0 aliphatic heterocycles. The van der Waals surface area contributed by atoms with Crippen LogP contribution < -0.4 is 5.32 Å². The maximum absolute atomic E-state index is 12.8. The first kappa shape index (κ1) is 12.3. The average molecular weight is 232 g/mol. The first-order chi connectivity index (χ1) is 7.24. The standard InChI is InChI=1S/C11H15ClFNO/c12-10-8-9(4-5-11(10)13)14-6-2-1-3-7-15/h4-5,8,14-15H,1-3,6-7H2. The van der Waals surface area contributed by atoms with Crippen LogP contribution in [0.1, 0.15) is 19.3 Å². The highest BCUT2D eigenvalue weighted by Gasteiger charge is 1.99. The number of hydrogen-bond donors (Lipinski definition) is 2. The molecule has 0 atom stereocenters. The molecular weight excluding hydrogens is 217 g/mol. The SMILES string of the molecule is OCCCCCNc1ccc(F)c(Cl)c1. The van der Waals surface area contributed by atoms with Gasteiger partial charge in [-0.1, -0.05) is 11.6 Å². The van der Waals surface area contributed by atoms with Crippen molar-refractivity contribution < 1.29 is 9.50 Å². The Bertz CT molecular complexity index is 307. The molecule has 4 heteroatoms. The number of halogens is 2.